The third-order valence-corrected chi connectivity index (χ3v) is 5.75. The number of carbonyl (C=O) groups excluding carboxylic acids is 1. The van der Waals surface area contributed by atoms with E-state index in [0.29, 0.717) is 34.1 Å². The SMILES string of the molecule is C[C@@H](CC(=O)c1cc(-c2ccncc2)ncn1)c1cc(C2=Nc3ccc(C(F)(F)F)cc3C2)no1. The summed E-state index contributed by atoms with van der Waals surface area (Å²) in [6, 6.07) is 10.4. The number of ketones is 1. The molecular weight excluding hydrogens is 459 g/mol. The van der Waals surface area contributed by atoms with Crippen LogP contribution in [0.3, 0.4) is 0 Å². The summed E-state index contributed by atoms with van der Waals surface area (Å²) in [5, 5.41) is 4.04. The summed E-state index contributed by atoms with van der Waals surface area (Å²) in [6.07, 6.45) is 0.569. The largest absolute Gasteiger partial charge is 0.416 e. The third-order valence-electron chi connectivity index (χ3n) is 5.75. The van der Waals surface area contributed by atoms with Crippen LogP contribution in [0, 0.1) is 0 Å². The smallest absolute Gasteiger partial charge is 0.360 e. The van der Waals surface area contributed by atoms with E-state index in [1.807, 2.05) is 6.92 Å². The average Bonchev–Trinajstić information content (AvgIpc) is 3.51. The Morgan fingerprint density at radius 3 is 2.63 bits per heavy atom. The molecule has 5 rings (SSSR count). The molecule has 0 bridgehead atoms. The molecule has 0 aliphatic carbocycles. The summed E-state index contributed by atoms with van der Waals surface area (Å²) in [5.74, 6) is -0.00542. The van der Waals surface area contributed by atoms with E-state index in [1.165, 1.54) is 12.4 Å². The molecule has 0 radical (unpaired) electrons. The topological polar surface area (TPSA) is 94.1 Å². The van der Waals surface area contributed by atoms with Crippen LogP contribution in [0.4, 0.5) is 18.9 Å². The summed E-state index contributed by atoms with van der Waals surface area (Å²) >= 11 is 0. The molecule has 10 heteroatoms. The molecule has 4 aromatic rings. The van der Waals surface area contributed by atoms with Gasteiger partial charge in [-0.2, -0.15) is 13.2 Å². The third kappa shape index (κ3) is 4.72. The van der Waals surface area contributed by atoms with Crippen LogP contribution in [-0.2, 0) is 12.6 Å². The second-order valence-corrected chi connectivity index (χ2v) is 8.24. The zero-order chi connectivity index (χ0) is 24.6. The fourth-order valence-electron chi connectivity index (χ4n) is 3.86. The fourth-order valence-corrected chi connectivity index (χ4v) is 3.86. The van der Waals surface area contributed by atoms with Gasteiger partial charge < -0.3 is 4.52 Å². The first-order valence-corrected chi connectivity index (χ1v) is 10.8. The number of aromatic nitrogens is 4. The van der Waals surface area contributed by atoms with Gasteiger partial charge in [-0.3, -0.25) is 14.8 Å². The van der Waals surface area contributed by atoms with Crippen LogP contribution in [0.1, 0.15) is 52.3 Å². The van der Waals surface area contributed by atoms with Crippen molar-refractivity contribution >= 4 is 17.2 Å². The molecule has 0 saturated carbocycles. The van der Waals surface area contributed by atoms with E-state index < -0.39 is 11.7 Å². The van der Waals surface area contributed by atoms with Crippen molar-refractivity contribution < 1.29 is 22.5 Å². The second-order valence-electron chi connectivity index (χ2n) is 8.24. The minimum atomic E-state index is -4.41. The maximum atomic E-state index is 13.0. The molecular formula is C25H18F3N5O2. The lowest BCUT2D eigenvalue weighted by Gasteiger charge is -2.07. The van der Waals surface area contributed by atoms with Crippen molar-refractivity contribution in [1.82, 2.24) is 20.1 Å². The van der Waals surface area contributed by atoms with Crippen LogP contribution in [-0.4, -0.2) is 31.6 Å². The molecule has 0 spiro atoms. The Kier molecular flexibility index (Phi) is 5.72. The zero-order valence-electron chi connectivity index (χ0n) is 18.5. The predicted molar refractivity (Wildman–Crippen MR) is 120 cm³/mol. The molecule has 0 fully saturated rings. The van der Waals surface area contributed by atoms with E-state index in [2.05, 4.69) is 25.1 Å². The Bertz CT molecular complexity index is 1430. The van der Waals surface area contributed by atoms with Crippen molar-refractivity contribution in [3.63, 3.8) is 0 Å². The van der Waals surface area contributed by atoms with Crippen molar-refractivity contribution in [3.05, 3.63) is 89.5 Å². The van der Waals surface area contributed by atoms with E-state index in [-0.39, 0.29) is 30.2 Å². The van der Waals surface area contributed by atoms with Crippen molar-refractivity contribution in [2.75, 3.05) is 0 Å². The molecule has 1 aliphatic heterocycles. The van der Waals surface area contributed by atoms with Gasteiger partial charge in [0.05, 0.1) is 22.7 Å². The Labute approximate surface area is 197 Å². The number of fused-ring (bicyclic) bond motifs is 1. The number of nitrogens with zero attached hydrogens (tertiary/aromatic N) is 5. The first-order valence-electron chi connectivity index (χ1n) is 10.8. The number of aliphatic imine (C=N–C) groups is 1. The van der Waals surface area contributed by atoms with Gasteiger partial charge in [0.25, 0.3) is 0 Å². The van der Waals surface area contributed by atoms with Gasteiger partial charge in [0, 0.05) is 42.8 Å². The van der Waals surface area contributed by atoms with Crippen molar-refractivity contribution in [2.24, 2.45) is 4.99 Å². The number of Topliss-reactive ketones (excluding diaryl/α,β-unsaturated/α-hetero) is 1. The molecule has 3 aromatic heterocycles. The van der Waals surface area contributed by atoms with Gasteiger partial charge in [0.2, 0.25) is 0 Å². The molecule has 0 N–H and O–H groups in total. The monoisotopic (exact) mass is 477 g/mol. The highest BCUT2D eigenvalue weighted by Crippen LogP contribution is 2.36. The van der Waals surface area contributed by atoms with E-state index >= 15 is 0 Å². The number of alkyl halides is 3. The molecule has 0 unspecified atom stereocenters. The molecule has 0 saturated heterocycles. The number of rotatable bonds is 6. The van der Waals surface area contributed by atoms with E-state index in [1.54, 1.807) is 36.7 Å². The number of hydrogen-bond donors (Lipinski definition) is 0. The van der Waals surface area contributed by atoms with E-state index in [9.17, 15) is 18.0 Å². The molecule has 0 amide bonds. The van der Waals surface area contributed by atoms with Gasteiger partial charge >= 0.3 is 6.18 Å². The lowest BCUT2D eigenvalue weighted by atomic mass is 9.98. The molecule has 1 aliphatic rings. The summed E-state index contributed by atoms with van der Waals surface area (Å²) in [5.41, 5.74) is 2.94. The highest BCUT2D eigenvalue weighted by Gasteiger charge is 2.32. The van der Waals surface area contributed by atoms with Crippen LogP contribution in [0.25, 0.3) is 11.3 Å². The maximum Gasteiger partial charge on any atom is 0.416 e. The summed E-state index contributed by atoms with van der Waals surface area (Å²) in [7, 11) is 0. The van der Waals surface area contributed by atoms with Crippen molar-refractivity contribution in [2.45, 2.75) is 31.9 Å². The van der Waals surface area contributed by atoms with Crippen LogP contribution < -0.4 is 0 Å². The average molecular weight is 477 g/mol. The Balaban J connectivity index is 1.28. The maximum absolute atomic E-state index is 13.0. The van der Waals surface area contributed by atoms with Crippen LogP contribution in [0.2, 0.25) is 0 Å². The van der Waals surface area contributed by atoms with Gasteiger partial charge in [-0.25, -0.2) is 9.97 Å². The van der Waals surface area contributed by atoms with Gasteiger partial charge in [-0.15, -0.1) is 0 Å². The number of carbonyl (C=O) groups is 1. The highest BCUT2D eigenvalue weighted by molar-refractivity contribution is 6.05. The minimum Gasteiger partial charge on any atom is -0.360 e. The van der Waals surface area contributed by atoms with E-state index in [0.717, 1.165) is 17.7 Å². The Hall–Kier alpha value is -4.21. The summed E-state index contributed by atoms with van der Waals surface area (Å²) < 4.78 is 44.4. The lowest BCUT2D eigenvalue weighted by Crippen LogP contribution is -2.07. The first kappa shape index (κ1) is 22.6. The normalized spacial score (nSPS) is 13.9. The molecule has 176 valence electrons. The number of hydrogen-bond acceptors (Lipinski definition) is 7. The quantitative estimate of drug-likeness (QED) is 0.336. The van der Waals surface area contributed by atoms with Crippen LogP contribution >= 0.6 is 0 Å². The lowest BCUT2D eigenvalue weighted by molar-refractivity contribution is -0.137. The van der Waals surface area contributed by atoms with Crippen LogP contribution in [0.5, 0.6) is 0 Å². The molecule has 35 heavy (non-hydrogen) atoms. The summed E-state index contributed by atoms with van der Waals surface area (Å²) in [6.45, 7) is 1.83. The first-order chi connectivity index (χ1) is 16.8. The van der Waals surface area contributed by atoms with Gasteiger partial charge in [0.15, 0.2) is 5.78 Å². The van der Waals surface area contributed by atoms with Crippen molar-refractivity contribution in [1.29, 1.82) is 0 Å². The number of pyridine rings is 1. The highest BCUT2D eigenvalue weighted by atomic mass is 19.4. The fraction of sp³-hybridized carbons (Fsp3) is 0.200. The minimum absolute atomic E-state index is 0.128. The van der Waals surface area contributed by atoms with Crippen LogP contribution in [0.15, 0.2) is 70.7 Å². The van der Waals surface area contributed by atoms with Gasteiger partial charge in [-0.05, 0) is 42.0 Å². The van der Waals surface area contributed by atoms with E-state index in [4.69, 9.17) is 4.52 Å². The van der Waals surface area contributed by atoms with Gasteiger partial charge in [0.1, 0.15) is 23.5 Å². The molecule has 1 atom stereocenters. The van der Waals surface area contributed by atoms with Gasteiger partial charge in [-0.1, -0.05) is 12.1 Å². The Morgan fingerprint density at radius 2 is 1.86 bits per heavy atom. The molecule has 7 nitrogen and oxygen atoms in total. The zero-order valence-corrected chi connectivity index (χ0v) is 18.5. The molecule has 4 heterocycles. The number of benzene rings is 1. The predicted octanol–water partition coefficient (Wildman–Crippen LogP) is 5.60. The second kappa shape index (κ2) is 8.86. The standard InChI is InChI=1S/C25H18F3N5O2/c1-14(8-23(34)22-11-19(30-13-31-22)15-4-6-29-7-5-15)24-12-21(33-35-24)20-10-16-9-17(25(26,27)28)2-3-18(16)32-20/h2-7,9,11-14H,8,10H2,1H3/t14-/m0/s1. The van der Waals surface area contributed by atoms with Crippen molar-refractivity contribution in [3.8, 4) is 11.3 Å². The molecule has 1 aromatic carbocycles. The number of halogens is 3. The summed E-state index contributed by atoms with van der Waals surface area (Å²) in [4.78, 5) is 29.6. The Morgan fingerprint density at radius 1 is 1.06 bits per heavy atom.